The van der Waals surface area contributed by atoms with Gasteiger partial charge >= 0.3 is 6.01 Å². The van der Waals surface area contributed by atoms with Gasteiger partial charge in [-0.25, -0.2) is 0 Å². The second kappa shape index (κ2) is 6.66. The van der Waals surface area contributed by atoms with Gasteiger partial charge in [0.25, 0.3) is 11.8 Å². The summed E-state index contributed by atoms with van der Waals surface area (Å²) >= 11 is 1.72. The largest absolute Gasteiger partial charge is 0.401 e. The van der Waals surface area contributed by atoms with Crippen LogP contribution in [0.25, 0.3) is 11.6 Å². The van der Waals surface area contributed by atoms with Crippen molar-refractivity contribution in [2.24, 2.45) is 7.05 Å². The van der Waals surface area contributed by atoms with Crippen molar-refractivity contribution in [3.05, 3.63) is 42.1 Å². The van der Waals surface area contributed by atoms with Crippen LogP contribution in [0.15, 0.2) is 45.8 Å². The molecule has 3 rings (SSSR count). The average Bonchev–Trinajstić information content (AvgIpc) is 3.17. The van der Waals surface area contributed by atoms with Crippen LogP contribution in [0.4, 0.5) is 6.01 Å². The molecule has 1 aromatic carbocycles. The molecule has 1 N–H and O–H groups in total. The molecule has 0 spiro atoms. The molecule has 0 radical (unpaired) electrons. The number of aryl methyl sites for hydroxylation is 1. The monoisotopic (exact) mass is 329 g/mol. The van der Waals surface area contributed by atoms with Gasteiger partial charge in [-0.2, -0.15) is 5.10 Å². The van der Waals surface area contributed by atoms with E-state index in [2.05, 4.69) is 27.5 Å². The Kier molecular flexibility index (Phi) is 4.42. The molecule has 2 heterocycles. The van der Waals surface area contributed by atoms with Gasteiger partial charge in [-0.1, -0.05) is 12.0 Å². The van der Waals surface area contributed by atoms with E-state index in [1.54, 1.807) is 47.9 Å². The maximum absolute atomic E-state index is 12.2. The van der Waals surface area contributed by atoms with Crippen molar-refractivity contribution in [3.8, 4) is 11.6 Å². The number of rotatable bonds is 5. The fraction of sp³-hybridized carbons (Fsp3) is 0.200. The van der Waals surface area contributed by atoms with Gasteiger partial charge in [0.2, 0.25) is 0 Å². The lowest BCUT2D eigenvalue weighted by Gasteiger charge is -2.02. The summed E-state index contributed by atoms with van der Waals surface area (Å²) in [5, 5.41) is 14.4. The summed E-state index contributed by atoms with van der Waals surface area (Å²) in [6.07, 6.45) is 1.63. The standard InChI is InChI=1S/C15H15N5O2S/c1-3-23-11-6-4-10(5-7-11)13(21)17-15-19-18-14(22-15)12-8-9-16-20(12)2/h4-9H,3H2,1-2H3,(H,17,19,21). The van der Waals surface area contributed by atoms with Crippen molar-refractivity contribution < 1.29 is 9.21 Å². The fourth-order valence-corrected chi connectivity index (χ4v) is 2.66. The Morgan fingerprint density at radius 2 is 2.04 bits per heavy atom. The summed E-state index contributed by atoms with van der Waals surface area (Å²) in [5.74, 6) is 0.998. The molecule has 0 unspecified atom stereocenters. The highest BCUT2D eigenvalue weighted by Gasteiger charge is 2.14. The van der Waals surface area contributed by atoms with E-state index in [0.29, 0.717) is 17.1 Å². The number of carbonyl (C=O) groups excluding carboxylic acids is 1. The third-order valence-corrected chi connectivity index (χ3v) is 4.01. The summed E-state index contributed by atoms with van der Waals surface area (Å²) in [6.45, 7) is 2.08. The molecule has 0 aliphatic heterocycles. The molecule has 2 aromatic heterocycles. The summed E-state index contributed by atoms with van der Waals surface area (Å²) in [5.41, 5.74) is 1.21. The van der Waals surface area contributed by atoms with Crippen LogP contribution < -0.4 is 5.32 Å². The highest BCUT2D eigenvalue weighted by atomic mass is 32.2. The Morgan fingerprint density at radius 3 is 2.70 bits per heavy atom. The molecule has 0 aliphatic carbocycles. The van der Waals surface area contributed by atoms with Crippen LogP contribution in [-0.4, -0.2) is 31.6 Å². The first-order chi connectivity index (χ1) is 11.2. The zero-order valence-electron chi connectivity index (χ0n) is 12.7. The first-order valence-electron chi connectivity index (χ1n) is 7.03. The minimum atomic E-state index is -0.293. The lowest BCUT2D eigenvalue weighted by molar-refractivity contribution is 0.102. The van der Waals surface area contributed by atoms with E-state index < -0.39 is 0 Å². The molecule has 23 heavy (non-hydrogen) atoms. The minimum absolute atomic E-state index is 0.0539. The number of aromatic nitrogens is 4. The molecule has 0 fully saturated rings. The summed E-state index contributed by atoms with van der Waals surface area (Å²) < 4.78 is 7.06. The first-order valence-corrected chi connectivity index (χ1v) is 8.02. The molecular weight excluding hydrogens is 314 g/mol. The fourth-order valence-electron chi connectivity index (χ4n) is 2.00. The highest BCUT2D eigenvalue weighted by molar-refractivity contribution is 7.99. The molecule has 0 saturated carbocycles. The summed E-state index contributed by atoms with van der Waals surface area (Å²) in [6, 6.07) is 9.18. The molecule has 0 saturated heterocycles. The van der Waals surface area contributed by atoms with Gasteiger partial charge in [-0.3, -0.25) is 14.8 Å². The highest BCUT2D eigenvalue weighted by Crippen LogP contribution is 2.20. The van der Waals surface area contributed by atoms with Crippen molar-refractivity contribution in [2.45, 2.75) is 11.8 Å². The number of nitrogens with one attached hydrogen (secondary N) is 1. The first kappa shape index (κ1) is 15.3. The summed E-state index contributed by atoms with van der Waals surface area (Å²) in [7, 11) is 1.77. The quantitative estimate of drug-likeness (QED) is 0.724. The zero-order valence-corrected chi connectivity index (χ0v) is 13.5. The van der Waals surface area contributed by atoms with Gasteiger partial charge in [0.15, 0.2) is 0 Å². The Bertz CT molecular complexity index is 809. The van der Waals surface area contributed by atoms with Crippen LogP contribution in [0.2, 0.25) is 0 Å². The lowest BCUT2D eigenvalue weighted by atomic mass is 10.2. The molecule has 7 nitrogen and oxygen atoms in total. The number of amides is 1. The number of hydrogen-bond acceptors (Lipinski definition) is 6. The second-order valence-corrected chi connectivity index (χ2v) is 6.00. The van der Waals surface area contributed by atoms with Crippen molar-refractivity contribution in [2.75, 3.05) is 11.1 Å². The number of hydrogen-bond donors (Lipinski definition) is 1. The van der Waals surface area contributed by atoms with E-state index in [1.807, 2.05) is 12.1 Å². The third-order valence-electron chi connectivity index (χ3n) is 3.11. The molecular formula is C15H15N5O2S. The SMILES string of the molecule is CCSc1ccc(C(=O)Nc2nnc(-c3ccnn3C)o2)cc1. The van der Waals surface area contributed by atoms with Crippen LogP contribution in [0.3, 0.4) is 0 Å². The van der Waals surface area contributed by atoms with E-state index in [9.17, 15) is 4.79 Å². The van der Waals surface area contributed by atoms with Crippen LogP contribution in [0.5, 0.6) is 0 Å². The molecule has 118 valence electrons. The number of carbonyl (C=O) groups is 1. The second-order valence-electron chi connectivity index (χ2n) is 4.66. The van der Waals surface area contributed by atoms with Crippen LogP contribution in [0.1, 0.15) is 17.3 Å². The predicted octanol–water partition coefficient (Wildman–Crippen LogP) is 2.83. The van der Waals surface area contributed by atoms with Crippen molar-refractivity contribution >= 4 is 23.7 Å². The normalized spacial score (nSPS) is 10.7. The molecule has 0 aliphatic rings. The number of thioether (sulfide) groups is 1. The van der Waals surface area contributed by atoms with Gasteiger partial charge in [0, 0.05) is 23.7 Å². The van der Waals surface area contributed by atoms with Crippen LogP contribution in [0, 0.1) is 0 Å². The van der Waals surface area contributed by atoms with E-state index in [4.69, 9.17) is 4.42 Å². The Hall–Kier alpha value is -2.61. The molecule has 8 heteroatoms. The zero-order chi connectivity index (χ0) is 16.2. The van der Waals surface area contributed by atoms with Crippen LogP contribution >= 0.6 is 11.8 Å². The minimum Gasteiger partial charge on any atom is -0.401 e. The molecule has 3 aromatic rings. The van der Waals surface area contributed by atoms with Gasteiger partial charge in [-0.05, 0) is 36.1 Å². The number of nitrogens with zero attached hydrogens (tertiary/aromatic N) is 4. The van der Waals surface area contributed by atoms with Gasteiger partial charge in [0.05, 0.1) is 0 Å². The average molecular weight is 329 g/mol. The molecule has 1 amide bonds. The molecule has 0 bridgehead atoms. The Labute approximate surface area is 137 Å². The maximum Gasteiger partial charge on any atom is 0.322 e. The summed E-state index contributed by atoms with van der Waals surface area (Å²) in [4.78, 5) is 13.3. The van der Waals surface area contributed by atoms with Crippen molar-refractivity contribution in [1.29, 1.82) is 0 Å². The number of benzene rings is 1. The molecule has 0 atom stereocenters. The van der Waals surface area contributed by atoms with Gasteiger partial charge in [-0.15, -0.1) is 16.9 Å². The predicted molar refractivity (Wildman–Crippen MR) is 87.3 cm³/mol. The van der Waals surface area contributed by atoms with Gasteiger partial charge < -0.3 is 4.42 Å². The smallest absolute Gasteiger partial charge is 0.322 e. The van der Waals surface area contributed by atoms with Crippen molar-refractivity contribution in [3.63, 3.8) is 0 Å². The van der Waals surface area contributed by atoms with E-state index in [0.717, 1.165) is 10.6 Å². The Morgan fingerprint density at radius 1 is 1.26 bits per heavy atom. The van der Waals surface area contributed by atoms with Crippen molar-refractivity contribution in [1.82, 2.24) is 20.0 Å². The van der Waals surface area contributed by atoms with E-state index in [-0.39, 0.29) is 11.9 Å². The van der Waals surface area contributed by atoms with Gasteiger partial charge in [0.1, 0.15) is 5.69 Å². The van der Waals surface area contributed by atoms with E-state index in [1.165, 1.54) is 0 Å². The third kappa shape index (κ3) is 3.42. The Balaban J connectivity index is 1.71. The topological polar surface area (TPSA) is 85.8 Å². The van der Waals surface area contributed by atoms with Crippen LogP contribution in [-0.2, 0) is 7.05 Å². The number of anilines is 1. The lowest BCUT2D eigenvalue weighted by Crippen LogP contribution is -2.11. The van der Waals surface area contributed by atoms with E-state index >= 15 is 0 Å². The maximum atomic E-state index is 12.2.